The molecular weight excluding hydrogens is 400 g/mol. The highest BCUT2D eigenvalue weighted by Crippen LogP contribution is 2.39. The molecule has 2 heterocycles. The van der Waals surface area contributed by atoms with Gasteiger partial charge in [-0.2, -0.15) is 0 Å². The summed E-state index contributed by atoms with van der Waals surface area (Å²) in [4.78, 5) is 26.9. The van der Waals surface area contributed by atoms with E-state index in [2.05, 4.69) is 19.8 Å². The summed E-state index contributed by atoms with van der Waals surface area (Å²) in [5.41, 5.74) is 1.25. The molecule has 1 saturated heterocycles. The van der Waals surface area contributed by atoms with Crippen molar-refractivity contribution in [2.24, 2.45) is 17.8 Å². The Hall–Kier alpha value is -1.97. The minimum atomic E-state index is -0.250. The Morgan fingerprint density at radius 2 is 2.03 bits per heavy atom. The summed E-state index contributed by atoms with van der Waals surface area (Å²) in [7, 11) is 1.73. The minimum Gasteiger partial charge on any atom is -0.483 e. The fraction of sp³-hybridized carbons (Fsp3) is 0.773. The number of nitrogens with one attached hydrogen (secondary N) is 1. The lowest BCUT2D eigenvalue weighted by Gasteiger charge is -2.38. The van der Waals surface area contributed by atoms with Crippen LogP contribution in [0.1, 0.15) is 38.3 Å². The molecule has 2 aliphatic carbocycles. The zero-order valence-corrected chi connectivity index (χ0v) is 18.6. The van der Waals surface area contributed by atoms with Crippen LogP contribution in [0.2, 0.25) is 0 Å². The lowest BCUT2D eigenvalue weighted by Crippen LogP contribution is -2.50. The van der Waals surface area contributed by atoms with Gasteiger partial charge in [0.25, 0.3) is 6.47 Å². The highest BCUT2D eigenvalue weighted by Gasteiger charge is 2.43. The summed E-state index contributed by atoms with van der Waals surface area (Å²) in [6.07, 6.45) is 8.71. The van der Waals surface area contributed by atoms with Gasteiger partial charge in [-0.3, -0.25) is 14.5 Å². The first-order valence-corrected chi connectivity index (χ1v) is 11.2. The molecule has 3 aliphatic rings. The van der Waals surface area contributed by atoms with Gasteiger partial charge in [0.15, 0.2) is 0 Å². The van der Waals surface area contributed by atoms with Crippen molar-refractivity contribution in [1.29, 1.82) is 0 Å². The second kappa shape index (κ2) is 11.6. The average Bonchev–Trinajstić information content (AvgIpc) is 3.32. The number of methoxy groups -OCH3 is 1. The van der Waals surface area contributed by atoms with Crippen molar-refractivity contribution in [2.45, 2.75) is 57.8 Å². The molecule has 3 fully saturated rings. The van der Waals surface area contributed by atoms with Crippen molar-refractivity contribution < 1.29 is 24.2 Å². The third kappa shape index (κ3) is 7.02. The molecule has 4 rings (SSSR count). The van der Waals surface area contributed by atoms with Gasteiger partial charge in [0.1, 0.15) is 0 Å². The molecule has 4 atom stereocenters. The number of rotatable bonds is 9. The van der Waals surface area contributed by atoms with Crippen LogP contribution in [0.15, 0.2) is 12.5 Å². The number of carbonyl (C=O) groups excluding carboxylic acids is 1. The molecule has 174 valence electrons. The summed E-state index contributed by atoms with van der Waals surface area (Å²) < 4.78 is 13.7. The molecule has 0 spiro atoms. The van der Waals surface area contributed by atoms with Crippen molar-refractivity contribution >= 4 is 12.4 Å². The molecule has 1 aromatic rings. The average molecular weight is 437 g/mol. The molecule has 0 bridgehead atoms. The van der Waals surface area contributed by atoms with E-state index in [1.54, 1.807) is 14.0 Å². The van der Waals surface area contributed by atoms with E-state index >= 15 is 0 Å². The molecular formula is C22H36N4O5. The second-order valence-corrected chi connectivity index (χ2v) is 8.98. The predicted octanol–water partition coefficient (Wildman–Crippen LogP) is 1.37. The van der Waals surface area contributed by atoms with E-state index in [0.717, 1.165) is 51.5 Å². The van der Waals surface area contributed by atoms with Gasteiger partial charge < -0.3 is 24.5 Å². The monoisotopic (exact) mass is 436 g/mol. The maximum absolute atomic E-state index is 11.7. The quantitative estimate of drug-likeness (QED) is 0.563. The highest BCUT2D eigenvalue weighted by atomic mass is 16.5. The van der Waals surface area contributed by atoms with Gasteiger partial charge in [-0.25, -0.2) is 4.98 Å². The van der Waals surface area contributed by atoms with Gasteiger partial charge in [0.2, 0.25) is 5.91 Å². The molecule has 1 aliphatic heterocycles. The van der Waals surface area contributed by atoms with Gasteiger partial charge in [-0.15, -0.1) is 0 Å². The number of carbonyl (C=O) groups is 2. The first-order valence-electron chi connectivity index (χ1n) is 11.2. The van der Waals surface area contributed by atoms with Crippen LogP contribution in [0, 0.1) is 17.8 Å². The Bertz CT molecular complexity index is 708. The summed E-state index contributed by atoms with van der Waals surface area (Å²) >= 11 is 0. The smallest absolute Gasteiger partial charge is 0.290 e. The van der Waals surface area contributed by atoms with Gasteiger partial charge in [-0.05, 0) is 43.4 Å². The van der Waals surface area contributed by atoms with Crippen LogP contribution in [-0.4, -0.2) is 77.5 Å². The van der Waals surface area contributed by atoms with E-state index < -0.39 is 0 Å². The third-order valence-electron chi connectivity index (χ3n) is 6.54. The lowest BCUT2D eigenvalue weighted by atomic mass is 9.77. The molecule has 0 unspecified atom stereocenters. The van der Waals surface area contributed by atoms with Crippen LogP contribution in [0.25, 0.3) is 0 Å². The molecule has 0 radical (unpaired) electrons. The Kier molecular flexibility index (Phi) is 8.86. The molecule has 2 N–H and O–H groups in total. The number of hydrogen-bond donors (Lipinski definition) is 2. The molecule has 9 nitrogen and oxygen atoms in total. The molecule has 2 saturated carbocycles. The van der Waals surface area contributed by atoms with Crippen molar-refractivity contribution in [1.82, 2.24) is 19.8 Å². The number of aromatic nitrogens is 2. The first kappa shape index (κ1) is 23.7. The maximum atomic E-state index is 11.7. The number of nitrogens with zero attached hydrogens (tertiary/aromatic N) is 3. The standard InChI is InChI=1S/C21H34N4O3.CH2O2/c1-15(26)23-20-7-17-10-24(12-19-9-22-14-25(19)5-6-27-2)11-18(17)8-21(20)28-13-16-3-4-16;2-1-3/h9,14,16-18,20-21H,3-8,10-13H2,1-2H3,(H,23,26);1H,(H,2,3)/t17-,18+,20-,21-;/m1./s1. The number of likely N-dealkylation sites (tertiary alicyclic amines) is 1. The Morgan fingerprint density at radius 1 is 1.32 bits per heavy atom. The molecule has 9 heteroatoms. The topological polar surface area (TPSA) is 106 Å². The normalized spacial score (nSPS) is 27.8. The van der Waals surface area contributed by atoms with Crippen LogP contribution in [0.4, 0.5) is 0 Å². The highest BCUT2D eigenvalue weighted by molar-refractivity contribution is 5.73. The number of hydrogen-bond acceptors (Lipinski definition) is 6. The van der Waals surface area contributed by atoms with Crippen LogP contribution < -0.4 is 5.32 Å². The van der Waals surface area contributed by atoms with E-state index in [4.69, 9.17) is 19.4 Å². The Balaban J connectivity index is 0.000000858. The van der Waals surface area contributed by atoms with Crippen LogP contribution in [-0.2, 0) is 32.2 Å². The number of amides is 1. The van der Waals surface area contributed by atoms with Crippen molar-refractivity contribution in [2.75, 3.05) is 33.4 Å². The van der Waals surface area contributed by atoms with Gasteiger partial charge in [-0.1, -0.05) is 0 Å². The Labute approximate surface area is 184 Å². The fourth-order valence-electron chi connectivity index (χ4n) is 4.88. The number of ether oxygens (including phenoxy) is 2. The number of carboxylic acid groups (broad SMARTS) is 1. The fourth-order valence-corrected chi connectivity index (χ4v) is 4.88. The van der Waals surface area contributed by atoms with E-state index in [0.29, 0.717) is 18.4 Å². The molecule has 0 aromatic carbocycles. The van der Waals surface area contributed by atoms with Gasteiger partial charge in [0.05, 0.1) is 30.8 Å². The second-order valence-electron chi connectivity index (χ2n) is 8.98. The Morgan fingerprint density at radius 3 is 2.68 bits per heavy atom. The molecule has 31 heavy (non-hydrogen) atoms. The minimum absolute atomic E-state index is 0.0559. The van der Waals surface area contributed by atoms with E-state index in [1.807, 2.05) is 12.5 Å². The largest absolute Gasteiger partial charge is 0.483 e. The van der Waals surface area contributed by atoms with Gasteiger partial charge >= 0.3 is 0 Å². The van der Waals surface area contributed by atoms with Crippen molar-refractivity contribution in [3.8, 4) is 0 Å². The van der Waals surface area contributed by atoms with E-state index in [9.17, 15) is 4.79 Å². The van der Waals surface area contributed by atoms with E-state index in [-0.39, 0.29) is 24.5 Å². The SMILES string of the molecule is COCCn1cncc1CN1C[C@H]2C[C@@H](NC(C)=O)[C@H](OCC3CC3)C[C@H]2C1.O=CO. The summed E-state index contributed by atoms with van der Waals surface area (Å²) in [6.45, 7) is 6.89. The van der Waals surface area contributed by atoms with E-state index in [1.165, 1.54) is 18.5 Å². The zero-order chi connectivity index (χ0) is 22.2. The van der Waals surface area contributed by atoms with Crippen molar-refractivity contribution in [3.63, 3.8) is 0 Å². The third-order valence-corrected chi connectivity index (χ3v) is 6.54. The maximum Gasteiger partial charge on any atom is 0.290 e. The first-order chi connectivity index (χ1) is 15.0. The lowest BCUT2D eigenvalue weighted by molar-refractivity contribution is -0.123. The molecule has 1 aromatic heterocycles. The zero-order valence-electron chi connectivity index (χ0n) is 18.6. The predicted molar refractivity (Wildman–Crippen MR) is 114 cm³/mol. The van der Waals surface area contributed by atoms with Crippen LogP contribution >= 0.6 is 0 Å². The van der Waals surface area contributed by atoms with Crippen molar-refractivity contribution in [3.05, 3.63) is 18.2 Å². The van der Waals surface area contributed by atoms with Crippen LogP contribution in [0.3, 0.4) is 0 Å². The van der Waals surface area contributed by atoms with Gasteiger partial charge in [0, 0.05) is 53.0 Å². The summed E-state index contributed by atoms with van der Waals surface area (Å²) in [5, 5.41) is 10.1. The molecule has 1 amide bonds. The van der Waals surface area contributed by atoms with Crippen LogP contribution in [0.5, 0.6) is 0 Å². The number of fused-ring (bicyclic) bond motifs is 1. The number of imidazole rings is 1. The summed E-state index contributed by atoms with van der Waals surface area (Å²) in [5.74, 6) is 2.10. The summed E-state index contributed by atoms with van der Waals surface area (Å²) in [6, 6.07) is 0.157.